The van der Waals surface area contributed by atoms with Gasteiger partial charge in [-0.05, 0) is 27.7 Å². The lowest BCUT2D eigenvalue weighted by Gasteiger charge is -2.33. The molecule has 0 bridgehead atoms. The fourth-order valence-corrected chi connectivity index (χ4v) is 2.69. The fourth-order valence-electron chi connectivity index (χ4n) is 2.69. The Kier molecular flexibility index (Phi) is 3.85. The Morgan fingerprint density at radius 1 is 1.05 bits per heavy atom. The van der Waals surface area contributed by atoms with Crippen molar-refractivity contribution in [1.82, 2.24) is 0 Å². The van der Waals surface area contributed by atoms with Crippen molar-refractivity contribution >= 4 is 16.7 Å². The first-order valence-corrected chi connectivity index (χ1v) is 7.09. The van der Waals surface area contributed by atoms with Crippen LogP contribution in [0.5, 0.6) is 0 Å². The number of carbonyl (C=O) groups excluding carboxylic acids is 1. The number of fused-ring (bicyclic) bond motifs is 1. The van der Waals surface area contributed by atoms with Crippen molar-refractivity contribution in [2.24, 2.45) is 17.1 Å². The molecular weight excluding hydrogens is 246 g/mol. The number of amides is 1. The number of rotatable bonds is 3. The molecule has 2 aromatic carbocycles. The summed E-state index contributed by atoms with van der Waals surface area (Å²) in [5.74, 6) is -0.337. The minimum absolute atomic E-state index is 0.0244. The molecule has 1 amide bonds. The molecule has 0 aliphatic heterocycles. The maximum Gasteiger partial charge on any atom is 0.225 e. The van der Waals surface area contributed by atoms with E-state index < -0.39 is 0 Å². The Bertz CT molecular complexity index is 619. The molecule has 0 fully saturated rings. The van der Waals surface area contributed by atoms with Gasteiger partial charge in [0.15, 0.2) is 0 Å². The molecule has 106 valence electrons. The third-order valence-corrected chi connectivity index (χ3v) is 4.33. The second-order valence-electron chi connectivity index (χ2n) is 6.60. The summed E-state index contributed by atoms with van der Waals surface area (Å²) in [7, 11) is 0. The molecule has 0 radical (unpaired) electrons. The number of primary amides is 1. The first-order chi connectivity index (χ1) is 9.32. The SMILES string of the molecule is CC(C(C(N)=O)c1cccc2ccccc12)C(C)(C)C. The van der Waals surface area contributed by atoms with Crippen LogP contribution in [-0.4, -0.2) is 5.91 Å². The predicted molar refractivity (Wildman–Crippen MR) is 84.5 cm³/mol. The maximum atomic E-state index is 12.1. The zero-order valence-corrected chi connectivity index (χ0v) is 12.7. The summed E-state index contributed by atoms with van der Waals surface area (Å²) in [6, 6.07) is 14.3. The van der Waals surface area contributed by atoms with Crippen molar-refractivity contribution in [2.45, 2.75) is 33.6 Å². The first kappa shape index (κ1) is 14.6. The average molecular weight is 269 g/mol. The van der Waals surface area contributed by atoms with E-state index in [1.165, 1.54) is 0 Å². The van der Waals surface area contributed by atoms with E-state index in [2.05, 4.69) is 45.9 Å². The molecule has 2 aromatic rings. The van der Waals surface area contributed by atoms with Crippen LogP contribution in [0.15, 0.2) is 42.5 Å². The third-order valence-electron chi connectivity index (χ3n) is 4.33. The summed E-state index contributed by atoms with van der Waals surface area (Å²) in [6.07, 6.45) is 0. The second kappa shape index (κ2) is 5.28. The largest absolute Gasteiger partial charge is 0.369 e. The Morgan fingerprint density at radius 2 is 1.65 bits per heavy atom. The molecular formula is C18H23NO. The van der Waals surface area contributed by atoms with Gasteiger partial charge in [-0.1, -0.05) is 70.2 Å². The van der Waals surface area contributed by atoms with E-state index in [9.17, 15) is 4.79 Å². The van der Waals surface area contributed by atoms with Crippen molar-refractivity contribution in [2.75, 3.05) is 0 Å². The maximum absolute atomic E-state index is 12.1. The van der Waals surface area contributed by atoms with Gasteiger partial charge in [0.1, 0.15) is 0 Å². The van der Waals surface area contributed by atoms with E-state index in [1.807, 2.05) is 24.3 Å². The number of carbonyl (C=O) groups is 1. The molecule has 2 atom stereocenters. The molecule has 0 aromatic heterocycles. The molecule has 2 unspecified atom stereocenters. The van der Waals surface area contributed by atoms with Crippen LogP contribution in [0.25, 0.3) is 10.8 Å². The molecule has 0 saturated heterocycles. The van der Waals surface area contributed by atoms with Gasteiger partial charge in [0.2, 0.25) is 5.91 Å². The highest BCUT2D eigenvalue weighted by atomic mass is 16.1. The van der Waals surface area contributed by atoms with Gasteiger partial charge in [0.05, 0.1) is 5.92 Å². The Hall–Kier alpha value is -1.83. The van der Waals surface area contributed by atoms with Crippen LogP contribution in [0.2, 0.25) is 0 Å². The first-order valence-electron chi connectivity index (χ1n) is 7.09. The Morgan fingerprint density at radius 3 is 2.25 bits per heavy atom. The molecule has 0 aliphatic rings. The van der Waals surface area contributed by atoms with Crippen LogP contribution in [0, 0.1) is 11.3 Å². The van der Waals surface area contributed by atoms with E-state index >= 15 is 0 Å². The number of benzene rings is 2. The van der Waals surface area contributed by atoms with Gasteiger partial charge in [-0.25, -0.2) is 0 Å². The predicted octanol–water partition coefficient (Wildman–Crippen LogP) is 4.09. The standard InChI is InChI=1S/C18H23NO/c1-12(18(2,3)4)16(17(19)20)15-11-7-9-13-8-5-6-10-14(13)15/h5-12,16H,1-4H3,(H2,19,20). The number of hydrogen-bond donors (Lipinski definition) is 1. The van der Waals surface area contributed by atoms with Gasteiger partial charge in [0.25, 0.3) is 0 Å². The zero-order chi connectivity index (χ0) is 14.9. The van der Waals surface area contributed by atoms with Crippen LogP contribution >= 0.6 is 0 Å². The highest BCUT2D eigenvalue weighted by molar-refractivity contribution is 5.92. The molecule has 0 saturated carbocycles. The lowest BCUT2D eigenvalue weighted by Crippen LogP contribution is -2.33. The van der Waals surface area contributed by atoms with Gasteiger partial charge < -0.3 is 5.73 Å². The molecule has 2 heteroatoms. The Balaban J connectivity index is 2.61. The van der Waals surface area contributed by atoms with Crippen molar-refractivity contribution in [3.63, 3.8) is 0 Å². The molecule has 0 heterocycles. The molecule has 20 heavy (non-hydrogen) atoms. The van der Waals surface area contributed by atoms with Gasteiger partial charge >= 0.3 is 0 Å². The van der Waals surface area contributed by atoms with Crippen molar-refractivity contribution < 1.29 is 4.79 Å². The summed E-state index contributed by atoms with van der Waals surface area (Å²) in [5.41, 5.74) is 6.78. The second-order valence-corrected chi connectivity index (χ2v) is 6.60. The Labute approximate surface area is 121 Å². The highest BCUT2D eigenvalue weighted by Gasteiger charge is 2.33. The van der Waals surface area contributed by atoms with Gasteiger partial charge in [-0.15, -0.1) is 0 Å². The van der Waals surface area contributed by atoms with E-state index in [0.29, 0.717) is 0 Å². The minimum atomic E-state index is -0.263. The third kappa shape index (κ3) is 2.69. The molecule has 0 aliphatic carbocycles. The summed E-state index contributed by atoms with van der Waals surface area (Å²) in [6.45, 7) is 8.56. The average Bonchev–Trinajstić information content (AvgIpc) is 2.37. The minimum Gasteiger partial charge on any atom is -0.369 e. The smallest absolute Gasteiger partial charge is 0.225 e. The van der Waals surface area contributed by atoms with E-state index in [0.717, 1.165) is 16.3 Å². The van der Waals surface area contributed by atoms with Gasteiger partial charge in [-0.2, -0.15) is 0 Å². The summed E-state index contributed by atoms with van der Waals surface area (Å²) in [4.78, 5) is 12.1. The summed E-state index contributed by atoms with van der Waals surface area (Å²) in [5, 5.41) is 2.27. The van der Waals surface area contributed by atoms with Crippen LogP contribution < -0.4 is 5.73 Å². The van der Waals surface area contributed by atoms with E-state index in [4.69, 9.17) is 5.73 Å². The van der Waals surface area contributed by atoms with Crippen LogP contribution in [0.4, 0.5) is 0 Å². The van der Waals surface area contributed by atoms with Crippen LogP contribution in [0.1, 0.15) is 39.2 Å². The van der Waals surface area contributed by atoms with E-state index in [-0.39, 0.29) is 23.2 Å². The van der Waals surface area contributed by atoms with E-state index in [1.54, 1.807) is 0 Å². The molecule has 2 nitrogen and oxygen atoms in total. The normalized spacial score (nSPS) is 15.0. The quantitative estimate of drug-likeness (QED) is 0.896. The van der Waals surface area contributed by atoms with Gasteiger partial charge in [0, 0.05) is 0 Å². The van der Waals surface area contributed by atoms with Crippen LogP contribution in [-0.2, 0) is 4.79 Å². The van der Waals surface area contributed by atoms with Crippen molar-refractivity contribution in [1.29, 1.82) is 0 Å². The number of nitrogens with two attached hydrogens (primary N) is 1. The number of hydrogen-bond acceptors (Lipinski definition) is 1. The lowest BCUT2D eigenvalue weighted by molar-refractivity contribution is -0.121. The van der Waals surface area contributed by atoms with Crippen molar-refractivity contribution in [3.05, 3.63) is 48.0 Å². The van der Waals surface area contributed by atoms with Gasteiger partial charge in [-0.3, -0.25) is 4.79 Å². The topological polar surface area (TPSA) is 43.1 Å². The zero-order valence-electron chi connectivity index (χ0n) is 12.7. The summed E-state index contributed by atoms with van der Waals surface area (Å²) >= 11 is 0. The monoisotopic (exact) mass is 269 g/mol. The summed E-state index contributed by atoms with van der Waals surface area (Å²) < 4.78 is 0. The fraction of sp³-hybridized carbons (Fsp3) is 0.389. The molecule has 2 N–H and O–H groups in total. The van der Waals surface area contributed by atoms with Crippen molar-refractivity contribution in [3.8, 4) is 0 Å². The lowest BCUT2D eigenvalue weighted by atomic mass is 9.71. The molecule has 0 spiro atoms. The highest BCUT2D eigenvalue weighted by Crippen LogP contribution is 2.39. The van der Waals surface area contributed by atoms with Crippen LogP contribution in [0.3, 0.4) is 0 Å². The molecule has 2 rings (SSSR count).